The number of amides is 1. The van der Waals surface area contributed by atoms with Gasteiger partial charge in [0.2, 0.25) is 5.91 Å². The molecule has 3 heterocycles. The molecule has 0 radical (unpaired) electrons. The minimum absolute atomic E-state index is 0.0407. The van der Waals surface area contributed by atoms with Gasteiger partial charge in [0.15, 0.2) is 5.17 Å². The normalized spacial score (nSPS) is 19.4. The Morgan fingerprint density at radius 2 is 2.08 bits per heavy atom. The fourth-order valence-electron chi connectivity index (χ4n) is 3.08. The highest BCUT2D eigenvalue weighted by Crippen LogP contribution is 2.44. The van der Waals surface area contributed by atoms with E-state index in [2.05, 4.69) is 4.99 Å². The van der Waals surface area contributed by atoms with Crippen LogP contribution >= 0.6 is 23.1 Å². The van der Waals surface area contributed by atoms with Gasteiger partial charge in [-0.1, -0.05) is 48.2 Å². The van der Waals surface area contributed by atoms with Gasteiger partial charge >= 0.3 is 5.97 Å². The molecular formula is C19H16N2O3S2. The van der Waals surface area contributed by atoms with Crippen LogP contribution in [0.5, 0.6) is 0 Å². The molecule has 2 aliphatic rings. The van der Waals surface area contributed by atoms with Gasteiger partial charge in [-0.15, -0.1) is 11.3 Å². The number of carbonyl (C=O) groups excluding carboxylic acids is 2. The minimum atomic E-state index is -0.501. The Balaban J connectivity index is 1.96. The number of thioether (sulfide) groups is 1. The summed E-state index contributed by atoms with van der Waals surface area (Å²) in [6.45, 7) is 2.04. The van der Waals surface area contributed by atoms with Crippen LogP contribution in [0, 0.1) is 0 Å². The SMILES string of the molecule is CCOC(=O)C1=C(c2ccccc2)N=C2SCC(=O)N2[C@@H]1c1cccs1. The number of amidine groups is 1. The Morgan fingerprint density at radius 1 is 1.27 bits per heavy atom. The molecule has 0 N–H and O–H groups in total. The highest BCUT2D eigenvalue weighted by molar-refractivity contribution is 8.15. The zero-order valence-electron chi connectivity index (χ0n) is 14.0. The average Bonchev–Trinajstić information content (AvgIpc) is 3.31. The third-order valence-electron chi connectivity index (χ3n) is 4.15. The number of fused-ring (bicyclic) bond motifs is 1. The summed E-state index contributed by atoms with van der Waals surface area (Å²) in [7, 11) is 0. The van der Waals surface area contributed by atoms with Crippen LogP contribution in [-0.2, 0) is 14.3 Å². The van der Waals surface area contributed by atoms with Crippen molar-refractivity contribution >= 4 is 45.8 Å². The van der Waals surface area contributed by atoms with E-state index in [1.165, 1.54) is 23.1 Å². The number of hydrogen-bond donors (Lipinski definition) is 0. The van der Waals surface area contributed by atoms with E-state index in [0.29, 0.717) is 22.2 Å². The van der Waals surface area contributed by atoms with Crippen LogP contribution in [0.15, 0.2) is 58.4 Å². The van der Waals surface area contributed by atoms with Gasteiger partial charge in [-0.25, -0.2) is 9.79 Å². The number of benzene rings is 1. The zero-order chi connectivity index (χ0) is 18.1. The molecule has 1 aromatic heterocycles. The van der Waals surface area contributed by atoms with Crippen LogP contribution in [0.25, 0.3) is 5.70 Å². The number of ether oxygens (including phenoxy) is 1. The van der Waals surface area contributed by atoms with Crippen molar-refractivity contribution in [3.63, 3.8) is 0 Å². The Hall–Kier alpha value is -2.38. The van der Waals surface area contributed by atoms with E-state index < -0.39 is 12.0 Å². The average molecular weight is 384 g/mol. The molecule has 7 heteroatoms. The number of hydrogen-bond acceptors (Lipinski definition) is 6. The van der Waals surface area contributed by atoms with E-state index in [-0.39, 0.29) is 12.5 Å². The predicted octanol–water partition coefficient (Wildman–Crippen LogP) is 3.71. The maximum absolute atomic E-state index is 12.9. The molecule has 26 heavy (non-hydrogen) atoms. The lowest BCUT2D eigenvalue weighted by molar-refractivity contribution is -0.139. The van der Waals surface area contributed by atoms with Crippen molar-refractivity contribution in [1.82, 2.24) is 4.90 Å². The number of rotatable bonds is 4. The predicted molar refractivity (Wildman–Crippen MR) is 104 cm³/mol. The van der Waals surface area contributed by atoms with E-state index in [9.17, 15) is 9.59 Å². The van der Waals surface area contributed by atoms with Crippen molar-refractivity contribution in [2.75, 3.05) is 12.4 Å². The summed E-state index contributed by atoms with van der Waals surface area (Å²) in [5.41, 5.74) is 1.83. The molecule has 0 bridgehead atoms. The Kier molecular flexibility index (Phi) is 4.65. The van der Waals surface area contributed by atoms with Crippen molar-refractivity contribution in [3.8, 4) is 0 Å². The first kappa shape index (κ1) is 17.1. The lowest BCUT2D eigenvalue weighted by Gasteiger charge is -2.32. The molecule has 0 saturated carbocycles. The quantitative estimate of drug-likeness (QED) is 0.754. The molecule has 1 saturated heterocycles. The van der Waals surface area contributed by atoms with E-state index in [0.717, 1.165) is 10.4 Å². The number of aliphatic imine (C=N–C) groups is 1. The van der Waals surface area contributed by atoms with Crippen molar-refractivity contribution in [1.29, 1.82) is 0 Å². The van der Waals surface area contributed by atoms with Gasteiger partial charge in [0, 0.05) is 10.4 Å². The summed E-state index contributed by atoms with van der Waals surface area (Å²) in [6.07, 6.45) is 0. The summed E-state index contributed by atoms with van der Waals surface area (Å²) < 4.78 is 5.34. The van der Waals surface area contributed by atoms with Crippen molar-refractivity contribution in [2.24, 2.45) is 4.99 Å². The molecule has 1 amide bonds. The fraction of sp³-hybridized carbons (Fsp3) is 0.211. The smallest absolute Gasteiger partial charge is 0.338 e. The second kappa shape index (κ2) is 7.09. The third-order valence-corrected chi connectivity index (χ3v) is 6.01. The van der Waals surface area contributed by atoms with Crippen LogP contribution < -0.4 is 0 Å². The van der Waals surface area contributed by atoms with E-state index >= 15 is 0 Å². The molecule has 5 nitrogen and oxygen atoms in total. The number of esters is 1. The maximum Gasteiger partial charge on any atom is 0.338 e. The van der Waals surface area contributed by atoms with Gasteiger partial charge in [0.05, 0.1) is 23.6 Å². The van der Waals surface area contributed by atoms with E-state index in [1.807, 2.05) is 47.8 Å². The Morgan fingerprint density at radius 3 is 2.77 bits per heavy atom. The lowest BCUT2D eigenvalue weighted by Crippen LogP contribution is -2.39. The Labute approximate surface area is 159 Å². The van der Waals surface area contributed by atoms with Crippen molar-refractivity contribution < 1.29 is 14.3 Å². The topological polar surface area (TPSA) is 59.0 Å². The monoisotopic (exact) mass is 384 g/mol. The van der Waals surface area contributed by atoms with E-state index in [1.54, 1.807) is 11.8 Å². The molecule has 0 aliphatic carbocycles. The molecule has 132 valence electrons. The highest BCUT2D eigenvalue weighted by Gasteiger charge is 2.44. The van der Waals surface area contributed by atoms with Gasteiger partial charge < -0.3 is 4.74 Å². The number of thiophene rings is 1. The van der Waals surface area contributed by atoms with Crippen molar-refractivity contribution in [2.45, 2.75) is 13.0 Å². The molecule has 1 atom stereocenters. The van der Waals surface area contributed by atoms with Crippen LogP contribution in [-0.4, -0.2) is 34.3 Å². The second-order valence-electron chi connectivity index (χ2n) is 5.71. The number of nitrogens with zero attached hydrogens (tertiary/aromatic N) is 2. The summed E-state index contributed by atoms with van der Waals surface area (Å²) >= 11 is 2.92. The molecule has 0 unspecified atom stereocenters. The maximum atomic E-state index is 12.9. The first-order valence-corrected chi connectivity index (χ1v) is 10.1. The Bertz CT molecular complexity index is 904. The van der Waals surface area contributed by atoms with Crippen molar-refractivity contribution in [3.05, 3.63) is 63.9 Å². The second-order valence-corrected chi connectivity index (χ2v) is 7.64. The molecule has 1 fully saturated rings. The summed E-state index contributed by atoms with van der Waals surface area (Å²) in [5.74, 6) is -0.142. The van der Waals surface area contributed by atoms with Gasteiger partial charge in [-0.05, 0) is 18.4 Å². The van der Waals surface area contributed by atoms with Gasteiger partial charge in [0.1, 0.15) is 6.04 Å². The largest absolute Gasteiger partial charge is 0.463 e. The first-order chi connectivity index (χ1) is 12.7. The van der Waals surface area contributed by atoms with E-state index in [4.69, 9.17) is 4.74 Å². The summed E-state index contributed by atoms with van der Waals surface area (Å²) in [5, 5.41) is 2.58. The van der Waals surface area contributed by atoms with Crippen LogP contribution in [0.4, 0.5) is 0 Å². The summed E-state index contributed by atoms with van der Waals surface area (Å²) in [4.78, 5) is 32.7. The molecule has 2 aromatic rings. The van der Waals surface area contributed by atoms with Crippen LogP contribution in [0.3, 0.4) is 0 Å². The molecular weight excluding hydrogens is 368 g/mol. The lowest BCUT2D eigenvalue weighted by atomic mass is 9.96. The highest BCUT2D eigenvalue weighted by atomic mass is 32.2. The van der Waals surface area contributed by atoms with Gasteiger partial charge in [-0.3, -0.25) is 9.69 Å². The molecule has 2 aliphatic heterocycles. The molecule has 0 spiro atoms. The first-order valence-electron chi connectivity index (χ1n) is 8.24. The summed E-state index contributed by atoms with van der Waals surface area (Å²) in [6, 6.07) is 12.9. The van der Waals surface area contributed by atoms with Crippen LogP contribution in [0.1, 0.15) is 23.4 Å². The minimum Gasteiger partial charge on any atom is -0.463 e. The number of carbonyl (C=O) groups is 2. The zero-order valence-corrected chi connectivity index (χ0v) is 15.7. The molecule has 4 rings (SSSR count). The standard InChI is InChI=1S/C19H16N2O3S2/c1-2-24-18(23)15-16(12-7-4-3-5-8-12)20-19-21(14(22)11-26-19)17(15)13-9-6-10-25-13/h3-10,17H,2,11H2,1H3/t17-/m1/s1. The fourth-order valence-corrected chi connectivity index (χ4v) is 4.79. The third kappa shape index (κ3) is 2.87. The molecule has 1 aromatic carbocycles. The van der Waals surface area contributed by atoms with Crippen LogP contribution in [0.2, 0.25) is 0 Å². The van der Waals surface area contributed by atoms with Gasteiger partial charge in [-0.2, -0.15) is 0 Å². The van der Waals surface area contributed by atoms with Gasteiger partial charge in [0.25, 0.3) is 0 Å².